The lowest BCUT2D eigenvalue weighted by atomic mass is 9.84. The number of anilines is 1. The summed E-state index contributed by atoms with van der Waals surface area (Å²) >= 11 is 0. The summed E-state index contributed by atoms with van der Waals surface area (Å²) in [7, 11) is 0. The fourth-order valence-electron chi connectivity index (χ4n) is 3.55. The number of benzene rings is 1. The molecular weight excluding hydrogens is 260 g/mol. The Morgan fingerprint density at radius 2 is 1.95 bits per heavy atom. The van der Waals surface area contributed by atoms with Gasteiger partial charge in [0.2, 0.25) is 0 Å². The van der Waals surface area contributed by atoms with Crippen LogP contribution in [0.3, 0.4) is 0 Å². The van der Waals surface area contributed by atoms with Crippen LogP contribution in [0.15, 0.2) is 22.6 Å². The summed E-state index contributed by atoms with van der Waals surface area (Å²) in [6, 6.07) is 6.87. The second kappa shape index (κ2) is 5.36. The lowest BCUT2D eigenvalue weighted by Gasteiger charge is -2.29. The Balaban J connectivity index is 1.50. The van der Waals surface area contributed by atoms with Crippen molar-refractivity contribution in [1.82, 2.24) is 4.98 Å². The van der Waals surface area contributed by atoms with Gasteiger partial charge in [0.25, 0.3) is 0 Å². The van der Waals surface area contributed by atoms with Crippen LogP contribution in [0.2, 0.25) is 0 Å². The molecule has 1 unspecified atom stereocenters. The largest absolute Gasteiger partial charge is 0.440 e. The van der Waals surface area contributed by atoms with Gasteiger partial charge in [-0.3, -0.25) is 0 Å². The van der Waals surface area contributed by atoms with Crippen molar-refractivity contribution in [3.63, 3.8) is 0 Å². The third kappa shape index (κ3) is 2.78. The average molecular weight is 284 g/mol. The molecule has 0 spiro atoms. The quantitative estimate of drug-likeness (QED) is 0.850. The van der Waals surface area contributed by atoms with Crippen molar-refractivity contribution in [3.8, 4) is 0 Å². The van der Waals surface area contributed by atoms with Crippen LogP contribution in [0.1, 0.15) is 63.7 Å². The van der Waals surface area contributed by atoms with Gasteiger partial charge in [-0.1, -0.05) is 19.3 Å². The average Bonchev–Trinajstić information content (AvgIpc) is 3.28. The second-order valence-corrected chi connectivity index (χ2v) is 6.84. The van der Waals surface area contributed by atoms with Crippen LogP contribution in [0.5, 0.6) is 0 Å². The maximum atomic E-state index is 5.83. The van der Waals surface area contributed by atoms with Gasteiger partial charge in [-0.25, -0.2) is 4.98 Å². The van der Waals surface area contributed by atoms with E-state index >= 15 is 0 Å². The Kier molecular flexibility index (Phi) is 3.36. The molecule has 4 rings (SSSR count). The molecule has 1 heterocycles. The highest BCUT2D eigenvalue weighted by Crippen LogP contribution is 2.40. The molecule has 2 aliphatic rings. The van der Waals surface area contributed by atoms with Crippen molar-refractivity contribution in [2.75, 3.05) is 5.32 Å². The highest BCUT2D eigenvalue weighted by Gasteiger charge is 2.29. The molecule has 112 valence electrons. The number of rotatable bonds is 4. The van der Waals surface area contributed by atoms with Crippen LogP contribution in [0, 0.1) is 5.92 Å². The first-order valence-electron chi connectivity index (χ1n) is 8.46. The van der Waals surface area contributed by atoms with Crippen molar-refractivity contribution in [2.24, 2.45) is 5.92 Å². The third-order valence-corrected chi connectivity index (χ3v) is 5.08. The van der Waals surface area contributed by atoms with E-state index in [0.29, 0.717) is 12.0 Å². The molecule has 0 amide bonds. The molecule has 2 fully saturated rings. The molecule has 21 heavy (non-hydrogen) atoms. The van der Waals surface area contributed by atoms with Crippen molar-refractivity contribution in [3.05, 3.63) is 24.1 Å². The summed E-state index contributed by atoms with van der Waals surface area (Å²) < 4.78 is 5.83. The van der Waals surface area contributed by atoms with Gasteiger partial charge in [0.1, 0.15) is 5.52 Å². The van der Waals surface area contributed by atoms with Gasteiger partial charge in [-0.2, -0.15) is 0 Å². The van der Waals surface area contributed by atoms with Gasteiger partial charge in [-0.15, -0.1) is 0 Å². The van der Waals surface area contributed by atoms with E-state index in [9.17, 15) is 0 Å². The van der Waals surface area contributed by atoms with Gasteiger partial charge in [0.15, 0.2) is 11.5 Å². The van der Waals surface area contributed by atoms with Crippen LogP contribution in [-0.4, -0.2) is 11.0 Å². The zero-order valence-electron chi connectivity index (χ0n) is 12.8. The number of fused-ring (bicyclic) bond motifs is 1. The van der Waals surface area contributed by atoms with Gasteiger partial charge < -0.3 is 9.73 Å². The van der Waals surface area contributed by atoms with Crippen molar-refractivity contribution in [1.29, 1.82) is 0 Å². The summed E-state index contributed by atoms with van der Waals surface area (Å²) in [6.07, 6.45) is 9.40. The maximum absolute atomic E-state index is 5.83. The Morgan fingerprint density at radius 3 is 2.71 bits per heavy atom. The van der Waals surface area contributed by atoms with E-state index in [0.717, 1.165) is 22.9 Å². The number of nitrogens with one attached hydrogen (secondary N) is 1. The molecule has 0 bridgehead atoms. The van der Waals surface area contributed by atoms with Crippen LogP contribution in [0.4, 0.5) is 5.69 Å². The van der Waals surface area contributed by atoms with Crippen LogP contribution < -0.4 is 5.32 Å². The fraction of sp³-hybridized carbons (Fsp3) is 0.611. The van der Waals surface area contributed by atoms with E-state index in [4.69, 9.17) is 4.42 Å². The van der Waals surface area contributed by atoms with E-state index in [1.165, 1.54) is 50.6 Å². The summed E-state index contributed by atoms with van der Waals surface area (Å²) in [5, 5.41) is 3.68. The number of oxazole rings is 1. The summed E-state index contributed by atoms with van der Waals surface area (Å²) in [6.45, 7) is 2.32. The fourth-order valence-corrected chi connectivity index (χ4v) is 3.55. The zero-order valence-corrected chi connectivity index (χ0v) is 12.8. The van der Waals surface area contributed by atoms with Gasteiger partial charge in [0.05, 0.1) is 0 Å². The molecule has 0 saturated heterocycles. The minimum Gasteiger partial charge on any atom is -0.440 e. The molecule has 2 aliphatic carbocycles. The Morgan fingerprint density at radius 1 is 1.14 bits per heavy atom. The van der Waals surface area contributed by atoms with Gasteiger partial charge in [-0.05, 0) is 56.7 Å². The van der Waals surface area contributed by atoms with Crippen molar-refractivity contribution >= 4 is 16.8 Å². The molecule has 1 aromatic carbocycles. The van der Waals surface area contributed by atoms with Gasteiger partial charge in [0, 0.05) is 17.6 Å². The minimum atomic E-state index is 0.539. The molecule has 1 N–H and O–H groups in total. The van der Waals surface area contributed by atoms with Crippen molar-refractivity contribution in [2.45, 2.75) is 63.8 Å². The topological polar surface area (TPSA) is 38.1 Å². The molecular formula is C18H24N2O. The van der Waals surface area contributed by atoms with Gasteiger partial charge >= 0.3 is 0 Å². The standard InChI is InChI=1S/C18H24N2O/c1-12(13-5-3-2-4-6-13)19-15-9-10-17-16(11-15)20-18(21-17)14-7-8-14/h9-14,19H,2-8H2,1H3. The normalized spacial score (nSPS) is 21.6. The van der Waals surface area contributed by atoms with Crippen LogP contribution in [-0.2, 0) is 0 Å². The first-order chi connectivity index (χ1) is 10.3. The first-order valence-corrected chi connectivity index (χ1v) is 8.46. The van der Waals surface area contributed by atoms with E-state index in [1.807, 2.05) is 0 Å². The van der Waals surface area contributed by atoms with Crippen LogP contribution in [0.25, 0.3) is 11.1 Å². The summed E-state index contributed by atoms with van der Waals surface area (Å²) in [4.78, 5) is 4.65. The highest BCUT2D eigenvalue weighted by atomic mass is 16.3. The van der Waals surface area contributed by atoms with E-state index in [1.54, 1.807) is 0 Å². The Labute approximate surface area is 126 Å². The third-order valence-electron chi connectivity index (χ3n) is 5.08. The Hall–Kier alpha value is -1.51. The predicted octanol–water partition coefficient (Wildman–Crippen LogP) is 5.09. The molecule has 2 aromatic rings. The number of nitrogens with zero attached hydrogens (tertiary/aromatic N) is 1. The van der Waals surface area contributed by atoms with E-state index in [-0.39, 0.29) is 0 Å². The number of hydrogen-bond acceptors (Lipinski definition) is 3. The molecule has 2 saturated carbocycles. The lowest BCUT2D eigenvalue weighted by molar-refractivity contribution is 0.328. The smallest absolute Gasteiger partial charge is 0.198 e. The van der Waals surface area contributed by atoms with Crippen molar-refractivity contribution < 1.29 is 4.42 Å². The maximum Gasteiger partial charge on any atom is 0.198 e. The molecule has 0 aliphatic heterocycles. The first kappa shape index (κ1) is 13.2. The molecule has 3 heteroatoms. The second-order valence-electron chi connectivity index (χ2n) is 6.84. The van der Waals surface area contributed by atoms with E-state index in [2.05, 4.69) is 35.4 Å². The molecule has 3 nitrogen and oxygen atoms in total. The lowest BCUT2D eigenvalue weighted by Crippen LogP contribution is -2.27. The summed E-state index contributed by atoms with van der Waals surface area (Å²) in [5.74, 6) is 2.33. The summed E-state index contributed by atoms with van der Waals surface area (Å²) in [5.41, 5.74) is 3.10. The number of aromatic nitrogens is 1. The molecule has 0 radical (unpaired) electrons. The SMILES string of the molecule is CC(Nc1ccc2oc(C3CC3)nc2c1)C1CCCCC1. The van der Waals surface area contributed by atoms with Crippen LogP contribution >= 0.6 is 0 Å². The Bertz CT molecular complexity index is 623. The number of hydrogen-bond donors (Lipinski definition) is 1. The zero-order chi connectivity index (χ0) is 14.2. The monoisotopic (exact) mass is 284 g/mol. The molecule has 1 aromatic heterocycles. The highest BCUT2D eigenvalue weighted by molar-refractivity contribution is 5.77. The minimum absolute atomic E-state index is 0.539. The van der Waals surface area contributed by atoms with E-state index < -0.39 is 0 Å². The predicted molar refractivity (Wildman–Crippen MR) is 85.6 cm³/mol. The molecule has 1 atom stereocenters.